The Labute approximate surface area is 152 Å². The van der Waals surface area contributed by atoms with E-state index in [0.29, 0.717) is 36.3 Å². The Balaban J connectivity index is 2.36. The van der Waals surface area contributed by atoms with Crippen LogP contribution in [0, 0.1) is 6.92 Å². The van der Waals surface area contributed by atoms with Gasteiger partial charge in [-0.1, -0.05) is 0 Å². The highest BCUT2D eigenvalue weighted by Gasteiger charge is 2.18. The number of rotatable bonds is 8. The van der Waals surface area contributed by atoms with Crippen molar-refractivity contribution in [3.8, 4) is 5.75 Å². The first kappa shape index (κ1) is 19.9. The average Bonchev–Trinajstić information content (AvgIpc) is 2.56. The zero-order valence-corrected chi connectivity index (χ0v) is 15.6. The molecule has 2 aromatic rings. The Morgan fingerprint density at radius 2 is 2.00 bits per heavy atom. The first-order valence-electron chi connectivity index (χ1n) is 8.41. The predicted molar refractivity (Wildman–Crippen MR) is 97.4 cm³/mol. The molecule has 0 spiro atoms. The summed E-state index contributed by atoms with van der Waals surface area (Å²) >= 11 is 0. The highest BCUT2D eigenvalue weighted by molar-refractivity contribution is 5.86. The van der Waals surface area contributed by atoms with Crippen molar-refractivity contribution in [2.24, 2.45) is 0 Å². The van der Waals surface area contributed by atoms with Gasteiger partial charge in [0, 0.05) is 31.5 Å². The molecule has 1 aromatic heterocycles. The van der Waals surface area contributed by atoms with Crippen LogP contribution in [0.5, 0.6) is 5.75 Å². The summed E-state index contributed by atoms with van der Waals surface area (Å²) in [7, 11) is 5.26. The van der Waals surface area contributed by atoms with Crippen LogP contribution in [0.15, 0.2) is 21.3 Å². The smallest absolute Gasteiger partial charge is 0.336 e. The van der Waals surface area contributed by atoms with Crippen molar-refractivity contribution in [1.82, 2.24) is 4.90 Å². The molecular weight excluding hydrogens is 338 g/mol. The van der Waals surface area contributed by atoms with E-state index in [-0.39, 0.29) is 24.7 Å². The number of aromatic hydroxyl groups is 1. The van der Waals surface area contributed by atoms with Crippen LogP contribution in [0.1, 0.15) is 23.1 Å². The number of esters is 1. The molecule has 1 N–H and O–H groups in total. The van der Waals surface area contributed by atoms with Gasteiger partial charge in [-0.15, -0.1) is 0 Å². The lowest BCUT2D eigenvalue weighted by Gasteiger charge is -2.16. The Bertz CT molecular complexity index is 840. The lowest BCUT2D eigenvalue weighted by atomic mass is 9.98. The van der Waals surface area contributed by atoms with E-state index in [9.17, 15) is 14.7 Å². The van der Waals surface area contributed by atoms with E-state index in [1.165, 1.54) is 13.2 Å². The third-order valence-corrected chi connectivity index (χ3v) is 4.01. The van der Waals surface area contributed by atoms with E-state index in [1.807, 2.05) is 25.9 Å². The standard InChI is InChI=1S/C19H25NO6/c1-12-9-17(22)26-19-14(12)10-13(18(23)15(19)11-20(2)3)5-6-16(21)25-8-7-24-4/h9-10,23H,5-8,11H2,1-4H3. The molecule has 0 fully saturated rings. The van der Waals surface area contributed by atoms with Crippen molar-refractivity contribution in [3.63, 3.8) is 0 Å². The highest BCUT2D eigenvalue weighted by atomic mass is 16.6. The summed E-state index contributed by atoms with van der Waals surface area (Å²) in [6.45, 7) is 2.77. The molecule has 0 saturated heterocycles. The Kier molecular flexibility index (Phi) is 6.76. The van der Waals surface area contributed by atoms with Gasteiger partial charge in [0.2, 0.25) is 0 Å². The first-order chi connectivity index (χ1) is 12.3. The van der Waals surface area contributed by atoms with Crippen molar-refractivity contribution in [2.45, 2.75) is 26.3 Å². The topological polar surface area (TPSA) is 89.2 Å². The van der Waals surface area contributed by atoms with Crippen LogP contribution in [0.25, 0.3) is 11.0 Å². The molecule has 0 saturated carbocycles. The minimum absolute atomic E-state index is 0.0460. The van der Waals surface area contributed by atoms with E-state index < -0.39 is 5.63 Å². The number of fused-ring (bicyclic) bond motifs is 1. The molecule has 0 amide bonds. The fraction of sp³-hybridized carbons (Fsp3) is 0.474. The summed E-state index contributed by atoms with van der Waals surface area (Å²) in [5.41, 5.74) is 1.85. The van der Waals surface area contributed by atoms with Gasteiger partial charge in [-0.05, 0) is 44.6 Å². The van der Waals surface area contributed by atoms with Gasteiger partial charge in [0.15, 0.2) is 0 Å². The molecule has 0 unspecified atom stereocenters. The monoisotopic (exact) mass is 363 g/mol. The second-order valence-electron chi connectivity index (χ2n) is 6.44. The predicted octanol–water partition coefficient (Wildman–Crippen LogP) is 1.99. The fourth-order valence-electron chi connectivity index (χ4n) is 2.77. The molecule has 7 heteroatoms. The number of carbonyl (C=O) groups excluding carboxylic acids is 1. The van der Waals surface area contributed by atoms with Crippen molar-refractivity contribution >= 4 is 16.9 Å². The summed E-state index contributed by atoms with van der Waals surface area (Å²) in [5, 5.41) is 11.4. The number of aryl methyl sites for hydroxylation is 2. The number of phenolic OH excluding ortho intramolecular Hbond substituents is 1. The Hall–Kier alpha value is -2.38. The molecule has 0 aliphatic heterocycles. The van der Waals surface area contributed by atoms with Crippen LogP contribution in [0.2, 0.25) is 0 Å². The normalized spacial score (nSPS) is 11.3. The highest BCUT2D eigenvalue weighted by Crippen LogP contribution is 2.33. The molecule has 1 heterocycles. The second-order valence-corrected chi connectivity index (χ2v) is 6.44. The van der Waals surface area contributed by atoms with Gasteiger partial charge in [-0.3, -0.25) is 4.79 Å². The Morgan fingerprint density at radius 3 is 2.65 bits per heavy atom. The summed E-state index contributed by atoms with van der Waals surface area (Å²) in [6, 6.07) is 3.19. The maximum absolute atomic E-state index is 11.8. The second kappa shape index (κ2) is 8.82. The van der Waals surface area contributed by atoms with Gasteiger partial charge in [0.05, 0.1) is 12.2 Å². The fourth-order valence-corrected chi connectivity index (χ4v) is 2.77. The molecule has 26 heavy (non-hydrogen) atoms. The lowest BCUT2D eigenvalue weighted by molar-refractivity contribution is -0.144. The molecule has 142 valence electrons. The third kappa shape index (κ3) is 4.83. The molecule has 2 rings (SSSR count). The first-order valence-corrected chi connectivity index (χ1v) is 8.41. The number of ether oxygens (including phenoxy) is 2. The number of carbonyl (C=O) groups is 1. The number of phenols is 1. The number of hydrogen-bond donors (Lipinski definition) is 1. The van der Waals surface area contributed by atoms with Crippen molar-refractivity contribution in [1.29, 1.82) is 0 Å². The van der Waals surface area contributed by atoms with E-state index >= 15 is 0 Å². The molecular formula is C19H25NO6. The Morgan fingerprint density at radius 1 is 1.27 bits per heavy atom. The van der Waals surface area contributed by atoms with Crippen molar-refractivity contribution in [3.05, 3.63) is 39.2 Å². The van der Waals surface area contributed by atoms with Crippen molar-refractivity contribution in [2.75, 3.05) is 34.4 Å². The molecule has 0 bridgehead atoms. The van der Waals surface area contributed by atoms with Gasteiger partial charge in [0.25, 0.3) is 0 Å². The van der Waals surface area contributed by atoms with E-state index in [1.54, 1.807) is 6.07 Å². The maximum atomic E-state index is 11.8. The zero-order valence-electron chi connectivity index (χ0n) is 15.6. The van der Waals surface area contributed by atoms with Gasteiger partial charge in [-0.25, -0.2) is 4.79 Å². The van der Waals surface area contributed by atoms with E-state index in [4.69, 9.17) is 13.9 Å². The summed E-state index contributed by atoms with van der Waals surface area (Å²) in [4.78, 5) is 25.4. The number of nitrogens with zero attached hydrogens (tertiary/aromatic N) is 1. The molecule has 0 atom stereocenters. The van der Waals surface area contributed by atoms with Crippen LogP contribution in [-0.2, 0) is 27.2 Å². The SMILES string of the molecule is COCCOC(=O)CCc1cc2c(C)cc(=O)oc2c(CN(C)C)c1O. The van der Waals surface area contributed by atoms with Crippen LogP contribution >= 0.6 is 0 Å². The van der Waals surface area contributed by atoms with Gasteiger partial charge in [0.1, 0.15) is 17.9 Å². The van der Waals surface area contributed by atoms with Crippen LogP contribution in [-0.4, -0.2) is 50.4 Å². The van der Waals surface area contributed by atoms with Crippen LogP contribution in [0.3, 0.4) is 0 Å². The molecule has 7 nitrogen and oxygen atoms in total. The lowest BCUT2D eigenvalue weighted by Crippen LogP contribution is -2.13. The summed E-state index contributed by atoms with van der Waals surface area (Å²) in [5.74, 6) is -0.309. The number of hydrogen-bond acceptors (Lipinski definition) is 7. The van der Waals surface area contributed by atoms with Crippen LogP contribution in [0.4, 0.5) is 0 Å². The van der Waals surface area contributed by atoms with E-state index in [2.05, 4.69) is 0 Å². The summed E-state index contributed by atoms with van der Waals surface area (Å²) in [6.07, 6.45) is 0.465. The van der Waals surface area contributed by atoms with Gasteiger partial charge < -0.3 is 23.9 Å². The van der Waals surface area contributed by atoms with Gasteiger partial charge >= 0.3 is 11.6 Å². The van der Waals surface area contributed by atoms with Crippen molar-refractivity contribution < 1.29 is 23.8 Å². The quantitative estimate of drug-likeness (QED) is 0.436. The molecule has 0 aliphatic rings. The number of methoxy groups -OCH3 is 1. The molecule has 0 aliphatic carbocycles. The van der Waals surface area contributed by atoms with Gasteiger partial charge in [-0.2, -0.15) is 0 Å². The minimum Gasteiger partial charge on any atom is -0.507 e. The average molecular weight is 363 g/mol. The summed E-state index contributed by atoms with van der Waals surface area (Å²) < 4.78 is 15.2. The van der Waals surface area contributed by atoms with Crippen LogP contribution < -0.4 is 5.63 Å². The molecule has 0 radical (unpaired) electrons. The third-order valence-electron chi connectivity index (χ3n) is 4.01. The minimum atomic E-state index is -0.455. The maximum Gasteiger partial charge on any atom is 0.336 e. The van der Waals surface area contributed by atoms with E-state index in [0.717, 1.165) is 10.9 Å². The number of benzene rings is 1. The zero-order chi connectivity index (χ0) is 19.3. The largest absolute Gasteiger partial charge is 0.507 e. The molecule has 1 aromatic carbocycles.